The highest BCUT2D eigenvalue weighted by Gasteiger charge is 2.35. The van der Waals surface area contributed by atoms with Gasteiger partial charge in [-0.2, -0.15) is 11.5 Å². The van der Waals surface area contributed by atoms with Crippen molar-refractivity contribution in [1.29, 1.82) is 0 Å². The zero-order valence-electron chi connectivity index (χ0n) is 20.2. The van der Waals surface area contributed by atoms with E-state index in [0.717, 1.165) is 0 Å². The molecule has 0 spiro atoms. The third-order valence-electron chi connectivity index (χ3n) is 6.82. The largest absolute Gasteiger partial charge is 0.378 e. The molecule has 3 aromatic carbocycles. The highest BCUT2D eigenvalue weighted by Crippen LogP contribution is 2.42. The van der Waals surface area contributed by atoms with E-state index >= 15 is 26.3 Å². The van der Waals surface area contributed by atoms with Crippen molar-refractivity contribution in [1.82, 2.24) is 29.4 Å². The van der Waals surface area contributed by atoms with Crippen LogP contribution >= 0.6 is 11.5 Å². The molecule has 6 nitrogen and oxygen atoms in total. The Bertz CT molecular complexity index is 2430. The lowest BCUT2D eigenvalue weighted by Crippen LogP contribution is -2.03. The SMILES string of the molecule is Fc1c(F)c(F)c2c(c1F)-c1nc-2nc2c3c(F)c(F)c(F)c(F)c3c(nc3[nH]c(n1)c1c(F)c(F)c(F)c(F)c31)n2[B]Cl. The zero-order chi connectivity index (χ0) is 31.7. The molecule has 6 bridgehead atoms. The summed E-state index contributed by atoms with van der Waals surface area (Å²) in [4.78, 5) is 16.8. The Hall–Kier alpha value is -4.81. The molecule has 6 aromatic rings. The number of fused-ring (bicyclic) bond motifs is 15. The Morgan fingerprint density at radius 3 is 1.25 bits per heavy atom. The monoisotopic (exact) mass is 647 g/mol. The first-order valence-electron chi connectivity index (χ1n) is 11.5. The molecule has 44 heavy (non-hydrogen) atoms. The number of rotatable bonds is 1. The van der Waals surface area contributed by atoms with Gasteiger partial charge in [0.25, 0.3) is 0 Å². The van der Waals surface area contributed by atoms with Crippen LogP contribution in [0.2, 0.25) is 0 Å². The Labute approximate surface area is 237 Å². The van der Waals surface area contributed by atoms with E-state index in [9.17, 15) is 26.3 Å². The average Bonchev–Trinajstić information content (AvgIpc) is 3.64. The number of aromatic amines is 1. The summed E-state index contributed by atoms with van der Waals surface area (Å²) in [7, 11) is 0. The van der Waals surface area contributed by atoms with Gasteiger partial charge in [-0.15, -0.1) is 0 Å². The van der Waals surface area contributed by atoms with Crippen LogP contribution in [0.15, 0.2) is 0 Å². The Balaban J connectivity index is 1.90. The van der Waals surface area contributed by atoms with Gasteiger partial charge < -0.3 is 9.46 Å². The predicted octanol–water partition coefficient (Wildman–Crippen LogP) is 7.07. The Morgan fingerprint density at radius 1 is 0.432 bits per heavy atom. The maximum atomic E-state index is 15.2. The fraction of sp³-hybridized carbons (Fsp3) is 0. The summed E-state index contributed by atoms with van der Waals surface area (Å²) in [6.45, 7) is 0.384. The normalized spacial score (nSPS) is 12.2. The van der Waals surface area contributed by atoms with Crippen LogP contribution in [0.1, 0.15) is 0 Å². The van der Waals surface area contributed by atoms with Crippen LogP contribution in [0.3, 0.4) is 0 Å². The van der Waals surface area contributed by atoms with E-state index < -0.39 is 137 Å². The maximum absolute atomic E-state index is 15.2. The number of hydrogen-bond donors (Lipinski definition) is 1. The molecule has 3 aromatic heterocycles. The van der Waals surface area contributed by atoms with Crippen LogP contribution in [-0.2, 0) is 0 Å². The highest BCUT2D eigenvalue weighted by atomic mass is 35.5. The number of H-pyrrole nitrogens is 1. The molecule has 1 aliphatic rings. The lowest BCUT2D eigenvalue weighted by atomic mass is 10.1. The van der Waals surface area contributed by atoms with Crippen molar-refractivity contribution in [2.45, 2.75) is 0 Å². The average molecular weight is 648 g/mol. The highest BCUT2D eigenvalue weighted by molar-refractivity contribution is 6.93. The third kappa shape index (κ3) is 3.32. The van der Waals surface area contributed by atoms with Crippen molar-refractivity contribution in [3.63, 3.8) is 0 Å². The van der Waals surface area contributed by atoms with E-state index in [1.165, 1.54) is 0 Å². The van der Waals surface area contributed by atoms with Gasteiger partial charge in [0, 0.05) is 0 Å². The third-order valence-corrected chi connectivity index (χ3v) is 7.01. The molecule has 0 unspecified atom stereocenters. The first kappa shape index (κ1) is 28.0. The summed E-state index contributed by atoms with van der Waals surface area (Å²) in [5, 5.41) is -5.12. The summed E-state index contributed by atoms with van der Waals surface area (Å²) in [5.74, 6) is -29.6. The number of hydrogen-bond acceptors (Lipinski definition) is 4. The molecule has 0 saturated heterocycles. The van der Waals surface area contributed by atoms with Crippen molar-refractivity contribution >= 4 is 62.4 Å². The van der Waals surface area contributed by atoms with Crippen LogP contribution in [0, 0.1) is 69.8 Å². The molecule has 1 aliphatic heterocycles. The zero-order valence-corrected chi connectivity index (χ0v) is 21.0. The van der Waals surface area contributed by atoms with Crippen molar-refractivity contribution in [3.8, 4) is 22.8 Å². The van der Waals surface area contributed by atoms with Gasteiger partial charge in [0.1, 0.15) is 22.6 Å². The number of aromatic nitrogens is 6. The van der Waals surface area contributed by atoms with E-state index in [1.807, 2.05) is 0 Å². The summed E-state index contributed by atoms with van der Waals surface area (Å²) in [6, 6.07) is 0. The van der Waals surface area contributed by atoms with Crippen molar-refractivity contribution in [2.24, 2.45) is 0 Å². The lowest BCUT2D eigenvalue weighted by Gasteiger charge is -2.05. The van der Waals surface area contributed by atoms with Gasteiger partial charge in [0.05, 0.1) is 32.7 Å². The molecule has 221 valence electrons. The molecular weight excluding hydrogens is 647 g/mol. The first-order chi connectivity index (χ1) is 20.8. The first-order valence-corrected chi connectivity index (χ1v) is 11.9. The van der Waals surface area contributed by atoms with E-state index in [-0.39, 0.29) is 0 Å². The summed E-state index contributed by atoms with van der Waals surface area (Å²) < 4.78 is 177. The van der Waals surface area contributed by atoms with Crippen LogP contribution in [0.25, 0.3) is 66.9 Å². The van der Waals surface area contributed by atoms with Gasteiger partial charge >= 0.3 is 6.83 Å². The van der Waals surface area contributed by atoms with Gasteiger partial charge in [0.2, 0.25) is 0 Å². The van der Waals surface area contributed by atoms with Gasteiger partial charge in [-0.3, -0.25) is 0 Å². The second-order valence-electron chi connectivity index (χ2n) is 9.05. The minimum atomic E-state index is -2.41. The van der Waals surface area contributed by atoms with Gasteiger partial charge in [-0.25, -0.2) is 72.6 Å². The number of halogens is 13. The molecule has 20 heteroatoms. The van der Waals surface area contributed by atoms with E-state index in [1.54, 1.807) is 0 Å². The second kappa shape index (κ2) is 9.10. The molecule has 7 rings (SSSR count). The standard InChI is InChI=1S/C24HBClF12N6/c26-25-44-23-5-6(12(32)18(38)17(37)11(5)31)24(44)43-22-4-2(8(28)14(34)16(36)10(4)30)20(41-22)39-19-1-3(21(40-19)42-23)9(29)15(35)13(33)7(1)27/h(H,39,40,41,42,43). The van der Waals surface area contributed by atoms with Gasteiger partial charge in [-0.1, -0.05) is 0 Å². The fourth-order valence-electron chi connectivity index (χ4n) is 4.92. The van der Waals surface area contributed by atoms with Crippen LogP contribution < -0.4 is 0 Å². The minimum Gasteiger partial charge on any atom is -0.342 e. The van der Waals surface area contributed by atoms with Crippen molar-refractivity contribution in [3.05, 3.63) is 69.8 Å². The summed E-state index contributed by atoms with van der Waals surface area (Å²) in [5.41, 5.74) is -6.91. The van der Waals surface area contributed by atoms with Crippen LogP contribution in [-0.4, -0.2) is 36.2 Å². The molecule has 0 saturated carbocycles. The topological polar surface area (TPSA) is 72.3 Å². The predicted molar refractivity (Wildman–Crippen MR) is 129 cm³/mol. The molecule has 0 aliphatic carbocycles. The molecule has 1 radical (unpaired) electrons. The summed E-state index contributed by atoms with van der Waals surface area (Å²) >= 11 is 5.81. The molecule has 4 heterocycles. The Kier molecular flexibility index (Phi) is 5.79. The van der Waals surface area contributed by atoms with Crippen LogP contribution in [0.5, 0.6) is 0 Å². The second-order valence-corrected chi connectivity index (χ2v) is 9.24. The molecule has 0 atom stereocenters. The van der Waals surface area contributed by atoms with Gasteiger partial charge in [0.15, 0.2) is 81.5 Å². The smallest absolute Gasteiger partial charge is 0.342 e. The van der Waals surface area contributed by atoms with E-state index in [0.29, 0.717) is 11.3 Å². The number of nitrogens with one attached hydrogen (secondary N) is 1. The molecule has 1 N–H and O–H groups in total. The summed E-state index contributed by atoms with van der Waals surface area (Å²) in [6.07, 6.45) is 0. The quantitative estimate of drug-likeness (QED) is 0.0896. The van der Waals surface area contributed by atoms with E-state index in [2.05, 4.69) is 24.9 Å². The Morgan fingerprint density at radius 2 is 0.795 bits per heavy atom. The lowest BCUT2D eigenvalue weighted by molar-refractivity contribution is 0.412. The van der Waals surface area contributed by atoms with Crippen molar-refractivity contribution < 1.29 is 52.7 Å². The number of benzene rings is 3. The minimum absolute atomic E-state index is 0.352. The molecule has 0 amide bonds. The van der Waals surface area contributed by atoms with Crippen LogP contribution in [0.4, 0.5) is 52.7 Å². The van der Waals surface area contributed by atoms with Gasteiger partial charge in [-0.05, 0) is 0 Å². The van der Waals surface area contributed by atoms with Crippen molar-refractivity contribution in [2.75, 3.05) is 0 Å². The molecular formula is C24HBClF12N6. The maximum Gasteiger partial charge on any atom is 0.378 e. The number of nitrogens with zero attached hydrogens (tertiary/aromatic N) is 5. The van der Waals surface area contributed by atoms with E-state index in [4.69, 9.17) is 11.5 Å². The molecule has 0 fully saturated rings. The fourth-order valence-corrected chi connectivity index (χ4v) is 5.11.